The number of carboxylic acids is 1. The second kappa shape index (κ2) is 13.0. The standard InChI is InChI=1S/C30H33N3.C2HF3O2/c1-24(26-13-7-3-8-14-26)33-21-19-30(20-22-33,27-15-9-4-10-16-27)29-23-28(31-32-29)18-17-25-11-5-2-6-12-25;3-2(4,5)1(6)7/h2-16,23-24H,17-22H2,1H3,(H,31,32);(H,6,7). The van der Waals surface area contributed by atoms with Gasteiger partial charge in [0, 0.05) is 24.1 Å². The molecule has 1 unspecified atom stereocenters. The van der Waals surface area contributed by atoms with Crippen molar-refractivity contribution in [2.45, 2.75) is 50.2 Å². The summed E-state index contributed by atoms with van der Waals surface area (Å²) >= 11 is 0. The number of carbonyl (C=O) groups is 1. The van der Waals surface area contributed by atoms with Crippen LogP contribution in [-0.4, -0.2) is 35.4 Å². The second-order valence-electron chi connectivity index (χ2n) is 10.3. The quantitative estimate of drug-likeness (QED) is 0.363. The molecule has 4 aromatic rings. The average molecular weight is 550 g/mol. The van der Waals surface area contributed by atoms with Crippen molar-refractivity contribution in [2.24, 2.45) is 0 Å². The van der Waals surface area contributed by atoms with E-state index in [1.54, 1.807) is 4.90 Å². The molecule has 0 saturated carbocycles. The number of quaternary nitrogens is 1. The highest BCUT2D eigenvalue weighted by molar-refractivity contribution is 5.70. The number of aromatic amines is 1. The molecule has 8 heteroatoms. The molecule has 1 aromatic heterocycles. The van der Waals surface area contributed by atoms with Gasteiger partial charge in [0.05, 0.1) is 24.2 Å². The summed E-state index contributed by atoms with van der Waals surface area (Å²) in [5.41, 5.74) is 6.64. The minimum Gasteiger partial charge on any atom is -0.542 e. The van der Waals surface area contributed by atoms with E-state index in [9.17, 15) is 13.2 Å². The number of piperidine rings is 1. The predicted molar refractivity (Wildman–Crippen MR) is 146 cm³/mol. The lowest BCUT2D eigenvalue weighted by Gasteiger charge is -2.41. The number of benzene rings is 3. The first-order valence-corrected chi connectivity index (χ1v) is 13.5. The van der Waals surface area contributed by atoms with Crippen LogP contribution in [0.5, 0.6) is 0 Å². The van der Waals surface area contributed by atoms with E-state index in [1.165, 1.54) is 28.1 Å². The van der Waals surface area contributed by atoms with Crippen LogP contribution in [0.2, 0.25) is 0 Å². The summed E-state index contributed by atoms with van der Waals surface area (Å²) in [5, 5.41) is 17.1. The Kier molecular flexibility index (Phi) is 9.42. The largest absolute Gasteiger partial charge is 0.542 e. The number of halogens is 3. The first-order valence-electron chi connectivity index (χ1n) is 13.5. The Labute approximate surface area is 232 Å². The lowest BCUT2D eigenvalue weighted by atomic mass is 9.70. The molecule has 1 aliphatic rings. The number of aliphatic carboxylic acids is 1. The molecule has 3 aromatic carbocycles. The summed E-state index contributed by atoms with van der Waals surface area (Å²) in [6, 6.07) is 35.6. The summed E-state index contributed by atoms with van der Waals surface area (Å²) < 4.78 is 31.5. The van der Waals surface area contributed by atoms with E-state index in [0.29, 0.717) is 6.04 Å². The highest BCUT2D eigenvalue weighted by atomic mass is 19.4. The summed E-state index contributed by atoms with van der Waals surface area (Å²) in [6.07, 6.45) is -0.934. The SMILES string of the molecule is CC(c1ccccc1)[NH+]1CCC(c2ccccc2)(c2cc(CCc3ccccc3)[nH]n2)CC1.O=C([O-])C(F)(F)F. The third kappa shape index (κ3) is 7.18. The number of hydrogen-bond donors (Lipinski definition) is 2. The van der Waals surface area contributed by atoms with Gasteiger partial charge >= 0.3 is 6.18 Å². The smallest absolute Gasteiger partial charge is 0.430 e. The lowest BCUT2D eigenvalue weighted by Crippen LogP contribution is -3.13. The van der Waals surface area contributed by atoms with Gasteiger partial charge in [-0.25, -0.2) is 0 Å². The highest BCUT2D eigenvalue weighted by Crippen LogP contribution is 2.39. The fraction of sp³-hybridized carbons (Fsp3) is 0.312. The van der Waals surface area contributed by atoms with E-state index >= 15 is 0 Å². The van der Waals surface area contributed by atoms with E-state index in [2.05, 4.69) is 109 Å². The Balaban J connectivity index is 0.000000470. The number of carboxylic acid groups (broad SMARTS) is 1. The molecule has 1 aliphatic heterocycles. The van der Waals surface area contributed by atoms with Gasteiger partial charge in [0.15, 0.2) is 0 Å². The van der Waals surface area contributed by atoms with Gasteiger partial charge in [-0.1, -0.05) is 91.0 Å². The fourth-order valence-electron chi connectivity index (χ4n) is 5.52. The zero-order valence-electron chi connectivity index (χ0n) is 22.5. The van der Waals surface area contributed by atoms with Crippen LogP contribution in [0.3, 0.4) is 0 Å². The molecule has 5 rings (SSSR count). The van der Waals surface area contributed by atoms with Crippen LogP contribution in [0, 0.1) is 0 Å². The molecule has 0 aliphatic carbocycles. The molecule has 0 bridgehead atoms. The Morgan fingerprint density at radius 2 is 1.45 bits per heavy atom. The van der Waals surface area contributed by atoms with Crippen molar-refractivity contribution in [3.63, 3.8) is 0 Å². The van der Waals surface area contributed by atoms with Gasteiger partial charge in [-0.05, 0) is 37.0 Å². The van der Waals surface area contributed by atoms with Crippen molar-refractivity contribution in [3.05, 3.63) is 125 Å². The topological polar surface area (TPSA) is 73.2 Å². The Morgan fingerprint density at radius 3 is 2.00 bits per heavy atom. The summed E-state index contributed by atoms with van der Waals surface area (Å²) in [4.78, 5) is 10.5. The van der Waals surface area contributed by atoms with Gasteiger partial charge in [0.1, 0.15) is 12.0 Å². The Morgan fingerprint density at radius 1 is 0.925 bits per heavy atom. The number of aryl methyl sites for hydroxylation is 2. The lowest BCUT2D eigenvalue weighted by molar-refractivity contribution is -0.935. The second-order valence-corrected chi connectivity index (χ2v) is 10.3. The van der Waals surface area contributed by atoms with Crippen molar-refractivity contribution in [1.82, 2.24) is 10.2 Å². The maximum Gasteiger partial charge on any atom is 0.430 e. The van der Waals surface area contributed by atoms with Crippen molar-refractivity contribution in [3.8, 4) is 0 Å². The molecule has 2 heterocycles. The number of hydrogen-bond acceptors (Lipinski definition) is 3. The van der Waals surface area contributed by atoms with Crippen LogP contribution < -0.4 is 10.0 Å². The van der Waals surface area contributed by atoms with Crippen LogP contribution in [0.1, 0.15) is 53.9 Å². The molecule has 0 radical (unpaired) electrons. The van der Waals surface area contributed by atoms with Crippen molar-refractivity contribution in [2.75, 3.05) is 13.1 Å². The molecule has 2 N–H and O–H groups in total. The third-order valence-corrected chi connectivity index (χ3v) is 7.86. The summed E-state index contributed by atoms with van der Waals surface area (Å²) in [6.45, 7) is 4.67. The molecular weight excluding hydrogens is 515 g/mol. The van der Waals surface area contributed by atoms with Gasteiger partial charge in [-0.3, -0.25) is 5.10 Å². The molecule has 1 saturated heterocycles. The van der Waals surface area contributed by atoms with Gasteiger partial charge in [0.2, 0.25) is 0 Å². The number of carbonyl (C=O) groups excluding carboxylic acids is 1. The zero-order chi connectivity index (χ0) is 28.6. The van der Waals surface area contributed by atoms with E-state index < -0.39 is 12.1 Å². The number of likely N-dealkylation sites (tertiary alicyclic amines) is 1. The predicted octanol–water partition coefficient (Wildman–Crippen LogP) is 4.22. The minimum atomic E-state index is -5.19. The normalized spacial score (nSPS) is 19.8. The van der Waals surface area contributed by atoms with E-state index in [0.717, 1.165) is 38.8 Å². The van der Waals surface area contributed by atoms with Crippen LogP contribution in [0.15, 0.2) is 97.1 Å². The minimum absolute atomic E-state index is 0.0112. The molecule has 5 nitrogen and oxygen atoms in total. The van der Waals surface area contributed by atoms with E-state index in [1.807, 2.05) is 0 Å². The molecule has 40 heavy (non-hydrogen) atoms. The van der Waals surface area contributed by atoms with Gasteiger partial charge < -0.3 is 14.8 Å². The number of rotatable bonds is 7. The molecule has 0 amide bonds. The molecular formula is C32H34F3N3O2. The van der Waals surface area contributed by atoms with Crippen LogP contribution >= 0.6 is 0 Å². The summed E-state index contributed by atoms with van der Waals surface area (Å²) in [5.74, 6) is -3.01. The summed E-state index contributed by atoms with van der Waals surface area (Å²) in [7, 11) is 0. The first-order chi connectivity index (χ1) is 19.2. The Bertz CT molecular complexity index is 1330. The number of aromatic nitrogens is 2. The number of H-pyrrole nitrogens is 1. The van der Waals surface area contributed by atoms with Gasteiger partial charge in [0.25, 0.3) is 0 Å². The third-order valence-electron chi connectivity index (χ3n) is 7.86. The molecule has 1 fully saturated rings. The number of alkyl halides is 3. The molecule has 210 valence electrons. The van der Waals surface area contributed by atoms with Crippen molar-refractivity contribution >= 4 is 5.97 Å². The van der Waals surface area contributed by atoms with Crippen molar-refractivity contribution < 1.29 is 28.0 Å². The van der Waals surface area contributed by atoms with Crippen LogP contribution in [0.4, 0.5) is 13.2 Å². The highest BCUT2D eigenvalue weighted by Gasteiger charge is 2.42. The van der Waals surface area contributed by atoms with Gasteiger partial charge in [-0.15, -0.1) is 0 Å². The Hall–Kier alpha value is -3.91. The number of nitrogens with zero attached hydrogens (tertiary/aromatic N) is 1. The van der Waals surface area contributed by atoms with Crippen LogP contribution in [0.25, 0.3) is 0 Å². The molecule has 0 spiro atoms. The maximum absolute atomic E-state index is 10.5. The van der Waals surface area contributed by atoms with Gasteiger partial charge in [-0.2, -0.15) is 18.3 Å². The van der Waals surface area contributed by atoms with E-state index in [4.69, 9.17) is 15.0 Å². The zero-order valence-corrected chi connectivity index (χ0v) is 22.5. The molecule has 1 atom stereocenters. The fourth-order valence-corrected chi connectivity index (χ4v) is 5.52. The maximum atomic E-state index is 10.5. The average Bonchev–Trinajstić information content (AvgIpc) is 3.47. The number of nitrogens with one attached hydrogen (secondary N) is 2. The van der Waals surface area contributed by atoms with Crippen LogP contribution in [-0.2, 0) is 23.1 Å². The van der Waals surface area contributed by atoms with E-state index in [-0.39, 0.29) is 5.41 Å². The first kappa shape index (κ1) is 29.1. The van der Waals surface area contributed by atoms with Crippen molar-refractivity contribution in [1.29, 1.82) is 0 Å². The monoisotopic (exact) mass is 549 g/mol.